The number of Topliss-reactive ketones (excluding diaryl/α,β-unsaturated/α-hetero) is 1. The zero-order valence-electron chi connectivity index (χ0n) is 12.3. The van der Waals surface area contributed by atoms with Gasteiger partial charge in [-0.25, -0.2) is 0 Å². The maximum atomic E-state index is 12.7. The molecule has 1 aromatic heterocycles. The lowest BCUT2D eigenvalue weighted by atomic mass is 9.73. The van der Waals surface area contributed by atoms with Crippen molar-refractivity contribution in [3.05, 3.63) is 5.82 Å². The van der Waals surface area contributed by atoms with Gasteiger partial charge in [0.15, 0.2) is 11.6 Å². The molecule has 6 heteroatoms. The third-order valence-electron chi connectivity index (χ3n) is 4.34. The standard InChI is InChI=1S/C13H23N5O/c1-10-5-7-13(8-6-10,17(2)3)11(19)9-12-14-16-18(4)15-12/h10H,5-9H2,1-4H3. The molecule has 0 unspecified atom stereocenters. The van der Waals surface area contributed by atoms with Gasteiger partial charge in [0.05, 0.1) is 19.0 Å². The molecule has 0 radical (unpaired) electrons. The lowest BCUT2D eigenvalue weighted by molar-refractivity contribution is -0.131. The highest BCUT2D eigenvalue weighted by Crippen LogP contribution is 2.36. The lowest BCUT2D eigenvalue weighted by Crippen LogP contribution is -2.53. The summed E-state index contributed by atoms with van der Waals surface area (Å²) in [6.07, 6.45) is 4.36. The van der Waals surface area contributed by atoms with E-state index in [1.807, 2.05) is 14.1 Å². The third-order valence-corrected chi connectivity index (χ3v) is 4.34. The van der Waals surface area contributed by atoms with Crippen molar-refractivity contribution >= 4 is 5.78 Å². The molecule has 1 saturated carbocycles. The van der Waals surface area contributed by atoms with Crippen LogP contribution in [-0.2, 0) is 18.3 Å². The van der Waals surface area contributed by atoms with Crippen molar-refractivity contribution in [2.45, 2.75) is 44.6 Å². The first-order valence-electron chi connectivity index (χ1n) is 6.87. The van der Waals surface area contributed by atoms with Gasteiger partial charge in [-0.2, -0.15) is 4.80 Å². The largest absolute Gasteiger partial charge is 0.297 e. The van der Waals surface area contributed by atoms with Crippen molar-refractivity contribution in [2.24, 2.45) is 13.0 Å². The Morgan fingerprint density at radius 3 is 2.53 bits per heavy atom. The van der Waals surface area contributed by atoms with Crippen LogP contribution in [0.3, 0.4) is 0 Å². The van der Waals surface area contributed by atoms with E-state index in [-0.39, 0.29) is 17.7 Å². The molecule has 1 fully saturated rings. The fraction of sp³-hybridized carbons (Fsp3) is 0.846. The van der Waals surface area contributed by atoms with Gasteiger partial charge in [-0.3, -0.25) is 9.69 Å². The SMILES string of the molecule is CC1CCC(C(=O)Cc2nnn(C)n2)(N(C)C)CC1. The van der Waals surface area contributed by atoms with Crippen LogP contribution >= 0.6 is 0 Å². The van der Waals surface area contributed by atoms with E-state index in [0.717, 1.165) is 31.6 Å². The third kappa shape index (κ3) is 2.83. The minimum absolute atomic E-state index is 0.220. The first-order chi connectivity index (χ1) is 8.94. The topological polar surface area (TPSA) is 63.9 Å². The fourth-order valence-electron chi connectivity index (χ4n) is 2.92. The van der Waals surface area contributed by atoms with Crippen molar-refractivity contribution in [3.63, 3.8) is 0 Å². The average molecular weight is 265 g/mol. The van der Waals surface area contributed by atoms with Crippen LogP contribution in [0, 0.1) is 5.92 Å². The van der Waals surface area contributed by atoms with E-state index in [1.165, 1.54) is 4.80 Å². The first-order valence-corrected chi connectivity index (χ1v) is 6.87. The summed E-state index contributed by atoms with van der Waals surface area (Å²) in [4.78, 5) is 16.2. The molecule has 0 spiro atoms. The van der Waals surface area contributed by atoms with Crippen LogP contribution in [0.25, 0.3) is 0 Å². The van der Waals surface area contributed by atoms with Gasteiger partial charge in [0.25, 0.3) is 0 Å². The highest BCUT2D eigenvalue weighted by atomic mass is 16.1. The summed E-state index contributed by atoms with van der Waals surface area (Å²) < 4.78 is 0. The smallest absolute Gasteiger partial charge is 0.182 e. The van der Waals surface area contributed by atoms with Crippen LogP contribution in [0.2, 0.25) is 0 Å². The number of tetrazole rings is 1. The summed E-state index contributed by atoms with van der Waals surface area (Å²) in [7, 11) is 5.71. The van der Waals surface area contributed by atoms with E-state index in [0.29, 0.717) is 5.82 Å². The predicted octanol–water partition coefficient (Wildman–Crippen LogP) is 0.832. The quantitative estimate of drug-likeness (QED) is 0.807. The van der Waals surface area contributed by atoms with E-state index < -0.39 is 0 Å². The highest BCUT2D eigenvalue weighted by Gasteiger charge is 2.42. The molecule has 0 amide bonds. The molecule has 0 bridgehead atoms. The predicted molar refractivity (Wildman–Crippen MR) is 71.6 cm³/mol. The number of aromatic nitrogens is 4. The Morgan fingerprint density at radius 2 is 2.05 bits per heavy atom. The Balaban J connectivity index is 2.13. The minimum Gasteiger partial charge on any atom is -0.297 e. The van der Waals surface area contributed by atoms with Gasteiger partial charge < -0.3 is 0 Å². The van der Waals surface area contributed by atoms with Crippen LogP contribution < -0.4 is 0 Å². The van der Waals surface area contributed by atoms with Gasteiger partial charge in [0.2, 0.25) is 0 Å². The van der Waals surface area contributed by atoms with Gasteiger partial charge in [0.1, 0.15) is 0 Å². The molecule has 0 saturated heterocycles. The summed E-state index contributed by atoms with van der Waals surface area (Å²) in [5.41, 5.74) is -0.342. The summed E-state index contributed by atoms with van der Waals surface area (Å²) in [6.45, 7) is 2.26. The Hall–Kier alpha value is -1.30. The van der Waals surface area contributed by atoms with E-state index in [4.69, 9.17) is 0 Å². The second-order valence-corrected chi connectivity index (χ2v) is 5.90. The van der Waals surface area contributed by atoms with Crippen LogP contribution in [0.15, 0.2) is 0 Å². The zero-order valence-corrected chi connectivity index (χ0v) is 12.3. The molecule has 0 aliphatic heterocycles. The summed E-state index contributed by atoms with van der Waals surface area (Å²) in [5.74, 6) is 1.46. The number of carbonyl (C=O) groups excluding carboxylic acids is 1. The Kier molecular flexibility index (Phi) is 3.99. The van der Waals surface area contributed by atoms with Crippen molar-refractivity contribution in [2.75, 3.05) is 14.1 Å². The monoisotopic (exact) mass is 265 g/mol. The maximum absolute atomic E-state index is 12.7. The van der Waals surface area contributed by atoms with Crippen LogP contribution in [0.1, 0.15) is 38.4 Å². The first kappa shape index (κ1) is 14.1. The van der Waals surface area contributed by atoms with E-state index in [1.54, 1.807) is 7.05 Å². The second kappa shape index (κ2) is 5.36. The van der Waals surface area contributed by atoms with E-state index >= 15 is 0 Å². The molecule has 1 heterocycles. The molecule has 106 valence electrons. The van der Waals surface area contributed by atoms with Crippen molar-refractivity contribution in [1.29, 1.82) is 0 Å². The average Bonchev–Trinajstić information content (AvgIpc) is 2.75. The highest BCUT2D eigenvalue weighted by molar-refractivity contribution is 5.89. The number of rotatable bonds is 4. The minimum atomic E-state index is -0.342. The number of carbonyl (C=O) groups is 1. The molecule has 1 aliphatic rings. The number of nitrogens with zero attached hydrogens (tertiary/aromatic N) is 5. The fourth-order valence-corrected chi connectivity index (χ4v) is 2.92. The molecule has 0 N–H and O–H groups in total. The molecule has 1 aromatic rings. The summed E-state index contributed by atoms with van der Waals surface area (Å²) in [5, 5.41) is 11.8. The van der Waals surface area contributed by atoms with Crippen molar-refractivity contribution in [3.8, 4) is 0 Å². The summed E-state index contributed by atoms with van der Waals surface area (Å²) >= 11 is 0. The number of hydrogen-bond donors (Lipinski definition) is 0. The number of hydrogen-bond acceptors (Lipinski definition) is 5. The van der Waals surface area contributed by atoms with Crippen molar-refractivity contribution in [1.82, 2.24) is 25.1 Å². The normalized spacial score (nSPS) is 27.7. The number of aryl methyl sites for hydroxylation is 1. The summed E-state index contributed by atoms with van der Waals surface area (Å²) in [6, 6.07) is 0. The molecule has 2 rings (SSSR count). The molecule has 6 nitrogen and oxygen atoms in total. The van der Waals surface area contributed by atoms with E-state index in [9.17, 15) is 4.79 Å². The van der Waals surface area contributed by atoms with E-state index in [2.05, 4.69) is 27.2 Å². The molecular weight excluding hydrogens is 242 g/mol. The Morgan fingerprint density at radius 1 is 1.42 bits per heavy atom. The molecule has 0 aromatic carbocycles. The number of ketones is 1. The maximum Gasteiger partial charge on any atom is 0.182 e. The van der Waals surface area contributed by atoms with Gasteiger partial charge >= 0.3 is 0 Å². The molecule has 0 atom stereocenters. The molecule has 1 aliphatic carbocycles. The van der Waals surface area contributed by atoms with Gasteiger partial charge in [-0.15, -0.1) is 10.2 Å². The van der Waals surface area contributed by atoms with Gasteiger partial charge in [-0.1, -0.05) is 6.92 Å². The van der Waals surface area contributed by atoms with Gasteiger partial charge in [0, 0.05) is 0 Å². The van der Waals surface area contributed by atoms with Crippen LogP contribution in [-0.4, -0.2) is 50.5 Å². The number of likely N-dealkylation sites (N-methyl/N-ethyl adjacent to an activating group) is 1. The lowest BCUT2D eigenvalue weighted by Gasteiger charge is -2.43. The second-order valence-electron chi connectivity index (χ2n) is 5.90. The van der Waals surface area contributed by atoms with Crippen LogP contribution in [0.5, 0.6) is 0 Å². The Labute approximate surface area is 114 Å². The van der Waals surface area contributed by atoms with Gasteiger partial charge in [-0.05, 0) is 50.9 Å². The molecular formula is C13H23N5O. The van der Waals surface area contributed by atoms with Crippen molar-refractivity contribution < 1.29 is 4.79 Å². The zero-order chi connectivity index (χ0) is 14.0. The molecule has 19 heavy (non-hydrogen) atoms. The van der Waals surface area contributed by atoms with Crippen LogP contribution in [0.4, 0.5) is 0 Å². The Bertz CT molecular complexity index is 446.